The van der Waals surface area contributed by atoms with Crippen molar-refractivity contribution >= 4 is 0 Å². The van der Waals surface area contributed by atoms with E-state index >= 15 is 0 Å². The zero-order valence-corrected chi connectivity index (χ0v) is 9.56. The Morgan fingerprint density at radius 3 is 2.31 bits per heavy atom. The Morgan fingerprint density at radius 2 is 1.81 bits per heavy atom. The quantitative estimate of drug-likeness (QED) is 0.758. The first-order valence-electron chi connectivity index (χ1n) is 5.35. The molecule has 1 unspecified atom stereocenters. The lowest BCUT2D eigenvalue weighted by Gasteiger charge is -2.24. The smallest absolute Gasteiger partial charge is 0.126 e. The van der Waals surface area contributed by atoms with Gasteiger partial charge in [-0.05, 0) is 37.6 Å². The molecule has 1 aromatic rings. The van der Waals surface area contributed by atoms with Crippen LogP contribution < -0.4 is 5.32 Å². The number of hydrogen-bond donors (Lipinski definition) is 2. The first-order valence-corrected chi connectivity index (χ1v) is 5.35. The van der Waals surface area contributed by atoms with Crippen LogP contribution in [-0.4, -0.2) is 18.2 Å². The Kier molecular flexibility index (Phi) is 4.38. The van der Waals surface area contributed by atoms with Gasteiger partial charge in [-0.15, -0.1) is 0 Å². The first kappa shape index (κ1) is 13.1. The maximum absolute atomic E-state index is 13.0. The summed E-state index contributed by atoms with van der Waals surface area (Å²) < 4.78 is 26.0. The molecular formula is C12H17F2NO. The van der Waals surface area contributed by atoms with Crippen molar-refractivity contribution in [2.45, 2.75) is 25.9 Å². The average Bonchev–Trinajstić information content (AvgIpc) is 2.16. The second-order valence-electron chi connectivity index (χ2n) is 4.11. The third-order valence-electron chi connectivity index (χ3n) is 2.38. The zero-order chi connectivity index (χ0) is 12.2. The molecule has 0 aliphatic rings. The van der Waals surface area contributed by atoms with E-state index in [-0.39, 0.29) is 12.1 Å². The van der Waals surface area contributed by atoms with Gasteiger partial charge in [-0.3, -0.25) is 0 Å². The molecule has 0 radical (unpaired) electrons. The fourth-order valence-corrected chi connectivity index (χ4v) is 1.48. The summed E-state index contributed by atoms with van der Waals surface area (Å²) in [5.74, 6) is -1.35. The van der Waals surface area contributed by atoms with Gasteiger partial charge in [-0.2, -0.15) is 0 Å². The zero-order valence-electron chi connectivity index (χ0n) is 9.56. The summed E-state index contributed by atoms with van der Waals surface area (Å²) in [5.41, 5.74) is -1.02. The maximum Gasteiger partial charge on any atom is 0.126 e. The third-order valence-corrected chi connectivity index (χ3v) is 2.38. The largest absolute Gasteiger partial charge is 0.384 e. The molecule has 0 saturated heterocycles. The number of nitrogens with one attached hydrogen (secondary N) is 1. The maximum atomic E-state index is 13.0. The van der Waals surface area contributed by atoms with E-state index in [1.807, 2.05) is 6.92 Å². The Morgan fingerprint density at radius 1 is 1.25 bits per heavy atom. The molecule has 1 atom stereocenters. The Balaban J connectivity index is 2.80. The van der Waals surface area contributed by atoms with Gasteiger partial charge in [0.15, 0.2) is 0 Å². The van der Waals surface area contributed by atoms with Crippen LogP contribution in [0.25, 0.3) is 0 Å². The van der Waals surface area contributed by atoms with Crippen LogP contribution in [0.1, 0.15) is 25.8 Å². The standard InChI is InChI=1S/C12H17F2NO/c1-3-4-15-8-12(2,16)9-5-10(13)7-11(14)6-9/h5-7,15-16H,3-4,8H2,1-2H3. The van der Waals surface area contributed by atoms with Crippen LogP contribution in [-0.2, 0) is 5.60 Å². The Bertz CT molecular complexity index is 333. The van der Waals surface area contributed by atoms with Crippen LogP contribution >= 0.6 is 0 Å². The lowest BCUT2D eigenvalue weighted by atomic mass is 9.95. The summed E-state index contributed by atoms with van der Waals surface area (Å²) in [7, 11) is 0. The summed E-state index contributed by atoms with van der Waals surface area (Å²) in [6.07, 6.45) is 0.938. The SMILES string of the molecule is CCCNCC(C)(O)c1cc(F)cc(F)c1. The van der Waals surface area contributed by atoms with E-state index in [1.165, 1.54) is 6.92 Å². The Hall–Kier alpha value is -1.00. The highest BCUT2D eigenvalue weighted by molar-refractivity contribution is 5.24. The summed E-state index contributed by atoms with van der Waals surface area (Å²) >= 11 is 0. The fraction of sp³-hybridized carbons (Fsp3) is 0.500. The number of hydrogen-bond acceptors (Lipinski definition) is 2. The van der Waals surface area contributed by atoms with E-state index in [4.69, 9.17) is 0 Å². The highest BCUT2D eigenvalue weighted by atomic mass is 19.1. The van der Waals surface area contributed by atoms with Crippen molar-refractivity contribution < 1.29 is 13.9 Å². The van der Waals surface area contributed by atoms with Crippen molar-refractivity contribution in [3.05, 3.63) is 35.4 Å². The van der Waals surface area contributed by atoms with Gasteiger partial charge in [-0.25, -0.2) is 8.78 Å². The minimum atomic E-state index is -1.27. The highest BCUT2D eigenvalue weighted by Crippen LogP contribution is 2.21. The normalized spacial score (nSPS) is 14.8. The predicted molar refractivity (Wildman–Crippen MR) is 59.1 cm³/mol. The van der Waals surface area contributed by atoms with Crippen molar-refractivity contribution in [3.8, 4) is 0 Å². The van der Waals surface area contributed by atoms with Crippen molar-refractivity contribution in [2.24, 2.45) is 0 Å². The second-order valence-corrected chi connectivity index (χ2v) is 4.11. The molecule has 90 valence electrons. The van der Waals surface area contributed by atoms with E-state index in [0.29, 0.717) is 0 Å². The van der Waals surface area contributed by atoms with E-state index in [2.05, 4.69) is 5.32 Å². The van der Waals surface area contributed by atoms with Crippen LogP contribution in [0, 0.1) is 11.6 Å². The van der Waals surface area contributed by atoms with E-state index in [9.17, 15) is 13.9 Å². The molecule has 1 rings (SSSR count). The van der Waals surface area contributed by atoms with E-state index in [0.717, 1.165) is 31.2 Å². The van der Waals surface area contributed by atoms with Crippen LogP contribution in [0.4, 0.5) is 8.78 Å². The molecule has 0 spiro atoms. The molecule has 1 aromatic carbocycles. The summed E-state index contributed by atoms with van der Waals surface area (Å²) in [6, 6.07) is 3.09. The van der Waals surface area contributed by atoms with Gasteiger partial charge in [0.25, 0.3) is 0 Å². The van der Waals surface area contributed by atoms with Crippen molar-refractivity contribution in [1.29, 1.82) is 0 Å². The predicted octanol–water partition coefficient (Wildman–Crippen LogP) is 2.17. The molecule has 0 fully saturated rings. The van der Waals surface area contributed by atoms with Crippen LogP contribution in [0.2, 0.25) is 0 Å². The molecule has 16 heavy (non-hydrogen) atoms. The van der Waals surface area contributed by atoms with Gasteiger partial charge >= 0.3 is 0 Å². The average molecular weight is 229 g/mol. The molecule has 0 aliphatic heterocycles. The number of benzene rings is 1. The second kappa shape index (κ2) is 5.37. The van der Waals surface area contributed by atoms with Crippen molar-refractivity contribution in [1.82, 2.24) is 5.32 Å². The molecule has 0 heterocycles. The summed E-state index contributed by atoms with van der Waals surface area (Å²) in [4.78, 5) is 0. The topological polar surface area (TPSA) is 32.3 Å². The summed E-state index contributed by atoms with van der Waals surface area (Å²) in [5, 5.41) is 13.1. The molecule has 4 heteroatoms. The highest BCUT2D eigenvalue weighted by Gasteiger charge is 2.23. The van der Waals surface area contributed by atoms with Crippen LogP contribution in [0.5, 0.6) is 0 Å². The van der Waals surface area contributed by atoms with Gasteiger partial charge in [0.1, 0.15) is 11.6 Å². The van der Waals surface area contributed by atoms with Crippen molar-refractivity contribution in [2.75, 3.05) is 13.1 Å². The molecule has 0 amide bonds. The lowest BCUT2D eigenvalue weighted by Crippen LogP contribution is -2.35. The molecule has 0 bridgehead atoms. The molecule has 2 nitrogen and oxygen atoms in total. The minimum absolute atomic E-state index is 0.244. The summed E-state index contributed by atoms with van der Waals surface area (Å²) in [6.45, 7) is 4.56. The lowest BCUT2D eigenvalue weighted by molar-refractivity contribution is 0.0565. The van der Waals surface area contributed by atoms with Gasteiger partial charge in [0.2, 0.25) is 0 Å². The first-order chi connectivity index (χ1) is 7.45. The minimum Gasteiger partial charge on any atom is -0.384 e. The van der Waals surface area contributed by atoms with Crippen LogP contribution in [0.3, 0.4) is 0 Å². The monoisotopic (exact) mass is 229 g/mol. The fourth-order valence-electron chi connectivity index (χ4n) is 1.48. The Labute approximate surface area is 94.3 Å². The van der Waals surface area contributed by atoms with E-state index < -0.39 is 17.2 Å². The van der Waals surface area contributed by atoms with E-state index in [1.54, 1.807) is 0 Å². The van der Waals surface area contributed by atoms with Crippen molar-refractivity contribution in [3.63, 3.8) is 0 Å². The molecule has 0 saturated carbocycles. The van der Waals surface area contributed by atoms with Gasteiger partial charge in [-0.1, -0.05) is 6.92 Å². The van der Waals surface area contributed by atoms with Gasteiger partial charge in [0, 0.05) is 12.6 Å². The van der Waals surface area contributed by atoms with Gasteiger partial charge in [0.05, 0.1) is 5.60 Å². The molecule has 0 aliphatic carbocycles. The molecule has 0 aromatic heterocycles. The third kappa shape index (κ3) is 3.54. The molecule has 2 N–H and O–H groups in total. The number of halogens is 2. The molecular weight excluding hydrogens is 212 g/mol. The number of rotatable bonds is 5. The van der Waals surface area contributed by atoms with Gasteiger partial charge < -0.3 is 10.4 Å². The van der Waals surface area contributed by atoms with Crippen LogP contribution in [0.15, 0.2) is 18.2 Å². The number of aliphatic hydroxyl groups is 1.